The van der Waals surface area contributed by atoms with E-state index in [-0.39, 0.29) is 0 Å². The topological polar surface area (TPSA) is 60.2 Å². The van der Waals surface area contributed by atoms with E-state index in [9.17, 15) is 0 Å². The third-order valence-corrected chi connectivity index (χ3v) is 2.89. The van der Waals surface area contributed by atoms with E-state index < -0.39 is 0 Å². The smallest absolute Gasteiger partial charge is 0.106 e. The summed E-state index contributed by atoms with van der Waals surface area (Å²) in [6, 6.07) is 9.70. The lowest BCUT2D eigenvalue weighted by atomic mass is 10.1. The summed E-state index contributed by atoms with van der Waals surface area (Å²) in [7, 11) is 1.67. The minimum Gasteiger partial charge on any atom is -0.389 e. The number of aromatic nitrogens is 1. The van der Waals surface area contributed by atoms with Crippen molar-refractivity contribution in [2.45, 2.75) is 6.61 Å². The molecular weight excluding hydrogens is 258 g/mol. The highest BCUT2D eigenvalue weighted by Crippen LogP contribution is 2.23. The first-order chi connectivity index (χ1) is 9.22. The molecule has 0 saturated carbocycles. The van der Waals surface area contributed by atoms with Crippen molar-refractivity contribution in [3.8, 4) is 0 Å². The number of benzene rings is 1. The minimum absolute atomic E-state index is 0.342. The number of anilines is 2. The Balaban J connectivity index is 2.34. The molecule has 0 atom stereocenters. The maximum absolute atomic E-state index is 5.70. The molecule has 0 aliphatic rings. The summed E-state index contributed by atoms with van der Waals surface area (Å²) in [4.78, 5) is 4.43. The van der Waals surface area contributed by atoms with Gasteiger partial charge in [-0.25, -0.2) is 0 Å². The number of pyridine rings is 1. The second-order valence-corrected chi connectivity index (χ2v) is 4.44. The minimum atomic E-state index is 0.342. The Kier molecular flexibility index (Phi) is 4.43. The number of nitrogens with two attached hydrogens (primary N) is 1. The summed E-state index contributed by atoms with van der Waals surface area (Å²) in [6.07, 6.45) is 3.37. The van der Waals surface area contributed by atoms with Gasteiger partial charge in [0.25, 0.3) is 0 Å². The van der Waals surface area contributed by atoms with E-state index in [1.165, 1.54) is 0 Å². The first-order valence-electron chi connectivity index (χ1n) is 5.80. The predicted molar refractivity (Wildman–Crippen MR) is 80.6 cm³/mol. The molecule has 1 aromatic heterocycles. The third-order valence-electron chi connectivity index (χ3n) is 2.67. The summed E-state index contributed by atoms with van der Waals surface area (Å²) >= 11 is 5.04. The summed E-state index contributed by atoms with van der Waals surface area (Å²) in [5.74, 6) is 0. The van der Waals surface area contributed by atoms with Crippen molar-refractivity contribution in [2.24, 2.45) is 5.73 Å². The molecular formula is C14H15N3OS. The van der Waals surface area contributed by atoms with Gasteiger partial charge in [0, 0.05) is 30.1 Å². The van der Waals surface area contributed by atoms with E-state index in [0.29, 0.717) is 11.6 Å². The van der Waals surface area contributed by atoms with Crippen LogP contribution in [0.1, 0.15) is 11.1 Å². The molecule has 1 aromatic carbocycles. The molecule has 98 valence electrons. The van der Waals surface area contributed by atoms with E-state index in [1.54, 1.807) is 25.6 Å². The Hall–Kier alpha value is -1.98. The molecule has 0 aliphatic heterocycles. The van der Waals surface area contributed by atoms with Gasteiger partial charge in [0.15, 0.2) is 0 Å². The molecule has 0 aliphatic carbocycles. The van der Waals surface area contributed by atoms with E-state index in [2.05, 4.69) is 10.3 Å². The molecule has 0 spiro atoms. The van der Waals surface area contributed by atoms with Gasteiger partial charge in [0.1, 0.15) is 4.99 Å². The fourth-order valence-electron chi connectivity index (χ4n) is 1.78. The Bertz CT molecular complexity index is 586. The molecule has 0 saturated heterocycles. The quantitative estimate of drug-likeness (QED) is 0.820. The molecule has 2 aromatic rings. The predicted octanol–water partition coefficient (Wildman–Crippen LogP) is 2.61. The fourth-order valence-corrected chi connectivity index (χ4v) is 1.96. The SMILES string of the molecule is COCc1ccccc1Nc1cnccc1C(N)=S. The Labute approximate surface area is 117 Å². The first-order valence-corrected chi connectivity index (χ1v) is 6.21. The van der Waals surface area contributed by atoms with Gasteiger partial charge in [-0.1, -0.05) is 30.4 Å². The van der Waals surface area contributed by atoms with Crippen molar-refractivity contribution in [2.75, 3.05) is 12.4 Å². The highest BCUT2D eigenvalue weighted by Gasteiger charge is 2.07. The van der Waals surface area contributed by atoms with Crippen LogP contribution in [0.5, 0.6) is 0 Å². The standard InChI is InChI=1S/C14H15N3OS/c1-18-9-10-4-2-3-5-12(10)17-13-8-16-7-6-11(13)14(15)19/h2-8,17H,9H2,1H3,(H2,15,19). The van der Waals surface area contributed by atoms with Gasteiger partial charge >= 0.3 is 0 Å². The van der Waals surface area contributed by atoms with Crippen LogP contribution in [0.25, 0.3) is 0 Å². The van der Waals surface area contributed by atoms with E-state index in [1.807, 2.05) is 24.3 Å². The number of para-hydroxylation sites is 1. The first kappa shape index (κ1) is 13.5. The molecule has 19 heavy (non-hydrogen) atoms. The third kappa shape index (κ3) is 3.27. The van der Waals surface area contributed by atoms with Gasteiger partial charge in [-0.05, 0) is 12.1 Å². The average Bonchev–Trinajstić information content (AvgIpc) is 2.42. The zero-order valence-electron chi connectivity index (χ0n) is 10.6. The summed E-state index contributed by atoms with van der Waals surface area (Å²) in [6.45, 7) is 0.534. The lowest BCUT2D eigenvalue weighted by Gasteiger charge is -2.13. The van der Waals surface area contributed by atoms with Gasteiger partial charge in [-0.3, -0.25) is 4.98 Å². The van der Waals surface area contributed by atoms with Crippen molar-refractivity contribution in [1.82, 2.24) is 4.98 Å². The number of thiocarbonyl (C=S) groups is 1. The molecule has 3 N–H and O–H groups in total. The van der Waals surface area contributed by atoms with Crippen LogP contribution >= 0.6 is 12.2 Å². The van der Waals surface area contributed by atoms with E-state index in [4.69, 9.17) is 22.7 Å². The summed E-state index contributed by atoms with van der Waals surface area (Å²) in [5.41, 5.74) is 9.28. The second-order valence-electron chi connectivity index (χ2n) is 4.00. The Morgan fingerprint density at radius 2 is 2.11 bits per heavy atom. The van der Waals surface area contributed by atoms with Crippen LogP contribution in [0.4, 0.5) is 11.4 Å². The monoisotopic (exact) mass is 273 g/mol. The molecule has 0 amide bonds. The number of methoxy groups -OCH3 is 1. The van der Waals surface area contributed by atoms with Crippen LogP contribution in [-0.4, -0.2) is 17.1 Å². The second kappa shape index (κ2) is 6.26. The largest absolute Gasteiger partial charge is 0.389 e. The number of nitrogens with one attached hydrogen (secondary N) is 1. The lowest BCUT2D eigenvalue weighted by molar-refractivity contribution is 0.185. The lowest BCUT2D eigenvalue weighted by Crippen LogP contribution is -2.12. The number of ether oxygens (including phenoxy) is 1. The van der Waals surface area contributed by atoms with E-state index >= 15 is 0 Å². The zero-order valence-corrected chi connectivity index (χ0v) is 11.4. The highest BCUT2D eigenvalue weighted by molar-refractivity contribution is 7.80. The molecule has 5 heteroatoms. The van der Waals surface area contributed by atoms with Gasteiger partial charge in [0.2, 0.25) is 0 Å². The average molecular weight is 273 g/mol. The molecule has 0 radical (unpaired) electrons. The van der Waals surface area contributed by atoms with Crippen LogP contribution in [-0.2, 0) is 11.3 Å². The molecule has 1 heterocycles. The number of nitrogens with zero attached hydrogens (tertiary/aromatic N) is 1. The van der Waals surface area contributed by atoms with Crippen LogP contribution in [0.2, 0.25) is 0 Å². The van der Waals surface area contributed by atoms with Crippen LogP contribution in [0.15, 0.2) is 42.7 Å². The van der Waals surface area contributed by atoms with E-state index in [0.717, 1.165) is 22.5 Å². The summed E-state index contributed by atoms with van der Waals surface area (Å²) < 4.78 is 5.18. The highest BCUT2D eigenvalue weighted by atomic mass is 32.1. The zero-order chi connectivity index (χ0) is 13.7. The molecule has 0 fully saturated rings. The number of rotatable bonds is 5. The molecule has 4 nitrogen and oxygen atoms in total. The van der Waals surface area contributed by atoms with Crippen molar-refractivity contribution >= 4 is 28.6 Å². The van der Waals surface area contributed by atoms with Gasteiger partial charge in [-0.15, -0.1) is 0 Å². The maximum atomic E-state index is 5.70. The normalized spacial score (nSPS) is 10.2. The molecule has 2 rings (SSSR count). The van der Waals surface area contributed by atoms with Crippen LogP contribution < -0.4 is 11.1 Å². The number of hydrogen-bond acceptors (Lipinski definition) is 4. The molecule has 0 unspecified atom stereocenters. The van der Waals surface area contributed by atoms with Crippen molar-refractivity contribution in [3.63, 3.8) is 0 Å². The van der Waals surface area contributed by atoms with Crippen molar-refractivity contribution in [1.29, 1.82) is 0 Å². The van der Waals surface area contributed by atoms with Crippen molar-refractivity contribution < 1.29 is 4.74 Å². The fraction of sp³-hybridized carbons (Fsp3) is 0.143. The number of hydrogen-bond donors (Lipinski definition) is 2. The Morgan fingerprint density at radius 1 is 1.32 bits per heavy atom. The van der Waals surface area contributed by atoms with Crippen LogP contribution in [0.3, 0.4) is 0 Å². The van der Waals surface area contributed by atoms with Gasteiger partial charge in [0.05, 0.1) is 18.5 Å². The summed E-state index contributed by atoms with van der Waals surface area (Å²) in [5, 5.41) is 3.30. The van der Waals surface area contributed by atoms with Gasteiger partial charge in [-0.2, -0.15) is 0 Å². The van der Waals surface area contributed by atoms with Gasteiger partial charge < -0.3 is 15.8 Å². The maximum Gasteiger partial charge on any atom is 0.106 e. The van der Waals surface area contributed by atoms with Crippen LogP contribution in [0, 0.1) is 0 Å². The van der Waals surface area contributed by atoms with Crippen molar-refractivity contribution in [3.05, 3.63) is 53.9 Å². The Morgan fingerprint density at radius 3 is 2.84 bits per heavy atom. The molecule has 0 bridgehead atoms.